The van der Waals surface area contributed by atoms with Crippen LogP contribution < -0.4 is 10.7 Å². The highest BCUT2D eigenvalue weighted by Gasteiger charge is 2.49. The summed E-state index contributed by atoms with van der Waals surface area (Å²) in [6, 6.07) is 3.74. The molecule has 1 aromatic rings. The van der Waals surface area contributed by atoms with Crippen molar-refractivity contribution in [2.24, 2.45) is 5.92 Å². The molecule has 140 valence electrons. The van der Waals surface area contributed by atoms with E-state index >= 15 is 0 Å². The number of hydrogen-bond acceptors (Lipinski definition) is 5. The van der Waals surface area contributed by atoms with Crippen LogP contribution in [0.15, 0.2) is 30.4 Å². The smallest absolute Gasteiger partial charge is 0.246 e. The molecule has 4 atom stereocenters. The summed E-state index contributed by atoms with van der Waals surface area (Å²) in [5, 5.41) is 15.5. The van der Waals surface area contributed by atoms with E-state index in [9.17, 15) is 14.7 Å². The largest absolute Gasteiger partial charge is 0.391 e. The van der Waals surface area contributed by atoms with Gasteiger partial charge in [-0.05, 0) is 24.6 Å². The number of unbranched alkanes of at least 4 members (excludes halogenated alkanes) is 1. The summed E-state index contributed by atoms with van der Waals surface area (Å²) in [5.41, 5.74) is 3.67. The summed E-state index contributed by atoms with van der Waals surface area (Å²) in [6.07, 6.45) is 5.19. The number of benzene rings is 1. The second-order valence-electron chi connectivity index (χ2n) is 6.55. The number of imide groups is 1. The molecule has 0 saturated carbocycles. The first-order valence-corrected chi connectivity index (χ1v) is 9.39. The number of nitrogens with one attached hydrogen (secondary N) is 2. The van der Waals surface area contributed by atoms with Crippen molar-refractivity contribution in [1.82, 2.24) is 10.3 Å². The summed E-state index contributed by atoms with van der Waals surface area (Å²) >= 11 is 12.2. The Hall–Kier alpha value is -1.60. The van der Waals surface area contributed by atoms with E-state index in [1.807, 2.05) is 6.92 Å². The fourth-order valence-electron chi connectivity index (χ4n) is 3.35. The monoisotopic (exact) mass is 397 g/mol. The number of carbonyl (C=O) groups is 2. The average Bonchev–Trinajstić information content (AvgIpc) is 2.90. The van der Waals surface area contributed by atoms with Crippen molar-refractivity contribution in [3.8, 4) is 0 Å². The number of nitrogens with zero attached hydrogens (tertiary/aromatic N) is 1. The van der Waals surface area contributed by atoms with Gasteiger partial charge in [0.05, 0.1) is 28.8 Å². The summed E-state index contributed by atoms with van der Waals surface area (Å²) in [7, 11) is 0. The van der Waals surface area contributed by atoms with E-state index in [0.717, 1.165) is 12.8 Å². The van der Waals surface area contributed by atoms with Gasteiger partial charge in [-0.1, -0.05) is 55.1 Å². The van der Waals surface area contributed by atoms with Crippen LogP contribution in [0.4, 0.5) is 5.69 Å². The van der Waals surface area contributed by atoms with Crippen molar-refractivity contribution in [2.75, 3.05) is 5.43 Å². The molecule has 1 fully saturated rings. The Morgan fingerprint density at radius 1 is 1.27 bits per heavy atom. The van der Waals surface area contributed by atoms with Crippen molar-refractivity contribution < 1.29 is 14.7 Å². The number of fused-ring (bicyclic) bond motifs is 1. The molecule has 0 radical (unpaired) electrons. The van der Waals surface area contributed by atoms with Crippen molar-refractivity contribution in [3.63, 3.8) is 0 Å². The molecule has 6 nitrogen and oxygen atoms in total. The SMILES string of the molecule is CCCCC(O)C1C=CC2C(=O)NC(=O)C2N1Nc1ccc(Cl)cc1Cl. The Balaban J connectivity index is 1.92. The molecule has 0 bridgehead atoms. The Bertz CT molecular complexity index is 740. The third-order valence-electron chi connectivity index (χ3n) is 4.72. The number of aliphatic hydroxyl groups is 1. The zero-order chi connectivity index (χ0) is 18.8. The maximum Gasteiger partial charge on any atom is 0.246 e. The van der Waals surface area contributed by atoms with E-state index in [-0.39, 0.29) is 5.91 Å². The number of rotatable bonds is 6. The van der Waals surface area contributed by atoms with Gasteiger partial charge < -0.3 is 10.5 Å². The van der Waals surface area contributed by atoms with Gasteiger partial charge in [0.1, 0.15) is 6.04 Å². The van der Waals surface area contributed by atoms with E-state index in [1.165, 1.54) is 0 Å². The maximum atomic E-state index is 12.4. The first-order valence-electron chi connectivity index (χ1n) is 8.63. The summed E-state index contributed by atoms with van der Waals surface area (Å²) < 4.78 is 0. The molecule has 1 aromatic carbocycles. The molecule has 3 rings (SSSR count). The quantitative estimate of drug-likeness (QED) is 0.507. The Labute approximate surface area is 162 Å². The molecular weight excluding hydrogens is 377 g/mol. The van der Waals surface area contributed by atoms with Crippen LogP contribution in [0.25, 0.3) is 0 Å². The van der Waals surface area contributed by atoms with E-state index < -0.39 is 30.0 Å². The maximum absolute atomic E-state index is 12.4. The van der Waals surface area contributed by atoms with Crippen LogP contribution >= 0.6 is 23.2 Å². The van der Waals surface area contributed by atoms with Crippen molar-refractivity contribution in [3.05, 3.63) is 40.4 Å². The van der Waals surface area contributed by atoms with E-state index in [2.05, 4.69) is 10.7 Å². The van der Waals surface area contributed by atoms with Gasteiger partial charge in [0, 0.05) is 5.02 Å². The molecule has 2 heterocycles. The molecule has 0 aliphatic carbocycles. The minimum atomic E-state index is -0.750. The van der Waals surface area contributed by atoms with Gasteiger partial charge in [-0.15, -0.1) is 0 Å². The third kappa shape index (κ3) is 3.74. The number of hydrogen-bond donors (Lipinski definition) is 3. The minimum absolute atomic E-state index is 0.341. The molecule has 2 amide bonds. The van der Waals surface area contributed by atoms with Gasteiger partial charge >= 0.3 is 0 Å². The highest BCUT2D eigenvalue weighted by molar-refractivity contribution is 6.36. The molecule has 2 aliphatic heterocycles. The van der Waals surface area contributed by atoms with Gasteiger partial charge in [0.15, 0.2) is 0 Å². The van der Waals surface area contributed by atoms with E-state index in [0.29, 0.717) is 22.2 Å². The second-order valence-corrected chi connectivity index (χ2v) is 7.40. The summed E-state index contributed by atoms with van der Waals surface area (Å²) in [4.78, 5) is 24.4. The highest BCUT2D eigenvalue weighted by atomic mass is 35.5. The molecule has 0 spiro atoms. The van der Waals surface area contributed by atoms with Gasteiger partial charge in [0.25, 0.3) is 0 Å². The molecule has 2 aliphatic rings. The topological polar surface area (TPSA) is 81.7 Å². The Kier molecular flexibility index (Phi) is 5.87. The molecule has 8 heteroatoms. The van der Waals surface area contributed by atoms with Crippen molar-refractivity contribution in [1.29, 1.82) is 0 Å². The standard InChI is InChI=1S/C18H21Cl2N3O3/c1-2-3-4-15(24)14-8-6-11-16(18(26)21-17(11)25)23(14)22-13-7-5-10(19)9-12(13)20/h5-9,11,14-16,22,24H,2-4H2,1H3,(H,21,25,26). The molecule has 1 saturated heterocycles. The van der Waals surface area contributed by atoms with E-state index in [4.69, 9.17) is 23.2 Å². The summed E-state index contributed by atoms with van der Waals surface area (Å²) in [6.45, 7) is 2.05. The van der Waals surface area contributed by atoms with Crippen LogP contribution in [-0.4, -0.2) is 40.1 Å². The van der Waals surface area contributed by atoms with Crippen molar-refractivity contribution >= 4 is 40.7 Å². The predicted octanol–water partition coefficient (Wildman–Crippen LogP) is 2.75. The lowest BCUT2D eigenvalue weighted by Crippen LogP contribution is -2.57. The fraction of sp³-hybridized carbons (Fsp3) is 0.444. The van der Waals surface area contributed by atoms with Crippen LogP contribution in [0, 0.1) is 5.92 Å². The number of hydrazine groups is 1. The second kappa shape index (κ2) is 7.96. The first-order chi connectivity index (χ1) is 12.4. The van der Waals surface area contributed by atoms with Crippen LogP contribution in [0.2, 0.25) is 10.0 Å². The Morgan fingerprint density at radius 2 is 2.04 bits per heavy atom. The highest BCUT2D eigenvalue weighted by Crippen LogP contribution is 2.32. The number of carbonyl (C=O) groups excluding carboxylic acids is 2. The zero-order valence-electron chi connectivity index (χ0n) is 14.3. The van der Waals surface area contributed by atoms with Crippen LogP contribution in [0.1, 0.15) is 26.2 Å². The lowest BCUT2D eigenvalue weighted by molar-refractivity contribution is -0.126. The molecule has 26 heavy (non-hydrogen) atoms. The Morgan fingerprint density at radius 3 is 2.73 bits per heavy atom. The molecular formula is C18H21Cl2N3O3. The molecule has 3 N–H and O–H groups in total. The molecule has 0 aromatic heterocycles. The lowest BCUT2D eigenvalue weighted by Gasteiger charge is -2.40. The van der Waals surface area contributed by atoms with Crippen LogP contribution in [0.3, 0.4) is 0 Å². The zero-order valence-corrected chi connectivity index (χ0v) is 15.8. The van der Waals surface area contributed by atoms with Gasteiger partial charge in [0.2, 0.25) is 11.8 Å². The number of amides is 2. The summed E-state index contributed by atoms with van der Waals surface area (Å²) in [5.74, 6) is -1.34. The van der Waals surface area contributed by atoms with E-state index in [1.54, 1.807) is 35.4 Å². The van der Waals surface area contributed by atoms with Crippen molar-refractivity contribution in [2.45, 2.75) is 44.4 Å². The predicted molar refractivity (Wildman–Crippen MR) is 101 cm³/mol. The van der Waals surface area contributed by atoms with Crippen LogP contribution in [0.5, 0.6) is 0 Å². The minimum Gasteiger partial charge on any atom is -0.391 e. The lowest BCUT2D eigenvalue weighted by atomic mass is 9.91. The third-order valence-corrected chi connectivity index (χ3v) is 5.27. The average molecular weight is 398 g/mol. The number of anilines is 1. The van der Waals surface area contributed by atoms with Gasteiger partial charge in [-0.25, -0.2) is 5.01 Å². The first kappa shape index (κ1) is 19.2. The normalized spacial score (nSPS) is 26.5. The van der Waals surface area contributed by atoms with Gasteiger partial charge in [-0.2, -0.15) is 0 Å². The fourth-order valence-corrected chi connectivity index (χ4v) is 3.80. The van der Waals surface area contributed by atoms with Crippen LogP contribution in [-0.2, 0) is 9.59 Å². The number of halogens is 2. The molecule has 4 unspecified atom stereocenters. The van der Waals surface area contributed by atoms with Gasteiger partial charge in [-0.3, -0.25) is 14.9 Å². The number of aliphatic hydroxyl groups excluding tert-OH is 1.